The monoisotopic (exact) mass is 472 g/mol. The van der Waals surface area contributed by atoms with E-state index in [2.05, 4.69) is 6.92 Å². The van der Waals surface area contributed by atoms with Gasteiger partial charge in [-0.25, -0.2) is 17.6 Å². The Balaban J connectivity index is 1.37. The molecule has 0 nitrogen and oxygen atoms in total. The molecule has 0 heterocycles. The summed E-state index contributed by atoms with van der Waals surface area (Å²) in [6.07, 6.45) is 13.3. The van der Waals surface area contributed by atoms with E-state index in [1.54, 1.807) is 25.1 Å². The van der Waals surface area contributed by atoms with Crippen LogP contribution in [0.5, 0.6) is 0 Å². The first-order valence-corrected chi connectivity index (χ1v) is 13.0. The Bertz CT molecular complexity index is 1010. The second-order valence-electron chi connectivity index (χ2n) is 10.4. The highest BCUT2D eigenvalue weighted by molar-refractivity contribution is 5.51. The Labute approximate surface area is 201 Å². The van der Waals surface area contributed by atoms with Crippen LogP contribution in [0.4, 0.5) is 17.6 Å². The van der Waals surface area contributed by atoms with Crippen molar-refractivity contribution in [1.29, 1.82) is 0 Å². The maximum Gasteiger partial charge on any atom is 0.166 e. The fourth-order valence-corrected chi connectivity index (χ4v) is 6.03. The van der Waals surface area contributed by atoms with Gasteiger partial charge >= 0.3 is 0 Å². The lowest BCUT2D eigenvalue weighted by Crippen LogP contribution is -2.17. The molecule has 0 aromatic heterocycles. The van der Waals surface area contributed by atoms with Crippen LogP contribution < -0.4 is 0 Å². The standard InChI is InChI=1S/C30H36F4/c1-3-4-20-6-12-22(13-7-20)25-17-18-26(30(34)29(25)33)23-14-8-21(9-15-23)10-16-24-11-5-19(2)27(31)28(24)32/h5,10-11,16-18,20-23H,3-4,6-9,12-15H2,1-2H3/b16-10+. The SMILES string of the molecule is CCCC1CCC(c2ccc(C3CCC(/C=C/c4ccc(C)c(F)c4F)CC3)c(F)c2F)CC1. The molecule has 0 amide bonds. The summed E-state index contributed by atoms with van der Waals surface area (Å²) in [4.78, 5) is 0. The van der Waals surface area contributed by atoms with E-state index in [1.807, 2.05) is 18.2 Å². The number of rotatable bonds is 6. The molecule has 2 aliphatic rings. The molecule has 34 heavy (non-hydrogen) atoms. The number of allylic oxidation sites excluding steroid dienone is 1. The minimum Gasteiger partial charge on any atom is -0.203 e. The molecular formula is C30H36F4. The minimum atomic E-state index is -0.818. The molecule has 0 N–H and O–H groups in total. The Morgan fingerprint density at radius 1 is 0.706 bits per heavy atom. The van der Waals surface area contributed by atoms with E-state index in [-0.39, 0.29) is 23.3 Å². The normalized spacial score (nSPS) is 25.7. The fourth-order valence-electron chi connectivity index (χ4n) is 6.03. The largest absolute Gasteiger partial charge is 0.203 e. The topological polar surface area (TPSA) is 0 Å². The van der Waals surface area contributed by atoms with Crippen LogP contribution in [0.2, 0.25) is 0 Å². The lowest BCUT2D eigenvalue weighted by atomic mass is 9.75. The third-order valence-electron chi connectivity index (χ3n) is 8.19. The number of aryl methyl sites for hydroxylation is 1. The van der Waals surface area contributed by atoms with Crippen LogP contribution in [0, 0.1) is 42.0 Å². The Morgan fingerprint density at radius 3 is 1.82 bits per heavy atom. The smallest absolute Gasteiger partial charge is 0.166 e. The van der Waals surface area contributed by atoms with Gasteiger partial charge in [0.15, 0.2) is 23.3 Å². The fraction of sp³-hybridized carbons (Fsp3) is 0.533. The zero-order valence-corrected chi connectivity index (χ0v) is 20.4. The molecule has 0 aliphatic heterocycles. The molecule has 2 saturated carbocycles. The van der Waals surface area contributed by atoms with Crippen LogP contribution in [0.15, 0.2) is 30.3 Å². The van der Waals surface area contributed by atoms with E-state index in [9.17, 15) is 8.78 Å². The molecule has 0 spiro atoms. The van der Waals surface area contributed by atoms with Crippen molar-refractivity contribution in [2.24, 2.45) is 11.8 Å². The summed E-state index contributed by atoms with van der Waals surface area (Å²) >= 11 is 0. The first-order valence-electron chi connectivity index (χ1n) is 13.0. The molecule has 0 unspecified atom stereocenters. The number of hydrogen-bond donors (Lipinski definition) is 0. The quantitative estimate of drug-likeness (QED) is 0.367. The van der Waals surface area contributed by atoms with E-state index in [0.717, 1.165) is 57.3 Å². The number of halogens is 4. The van der Waals surface area contributed by atoms with Gasteiger partial charge in [-0.1, -0.05) is 56.2 Å². The van der Waals surface area contributed by atoms with Crippen molar-refractivity contribution in [2.75, 3.05) is 0 Å². The molecule has 4 rings (SSSR count). The predicted octanol–water partition coefficient (Wildman–Crippen LogP) is 9.61. The van der Waals surface area contributed by atoms with Crippen molar-refractivity contribution < 1.29 is 17.6 Å². The average Bonchev–Trinajstić information content (AvgIpc) is 2.85. The van der Waals surface area contributed by atoms with Gasteiger partial charge in [0.2, 0.25) is 0 Å². The predicted molar refractivity (Wildman–Crippen MR) is 131 cm³/mol. The van der Waals surface area contributed by atoms with Crippen molar-refractivity contribution >= 4 is 6.08 Å². The summed E-state index contributed by atoms with van der Waals surface area (Å²) in [5, 5.41) is 0. The second kappa shape index (κ2) is 11.1. The summed E-state index contributed by atoms with van der Waals surface area (Å²) in [6, 6.07) is 6.81. The lowest BCUT2D eigenvalue weighted by molar-refractivity contribution is 0.302. The molecule has 0 saturated heterocycles. The summed E-state index contributed by atoms with van der Waals surface area (Å²) in [6.45, 7) is 3.74. The van der Waals surface area contributed by atoms with Crippen molar-refractivity contribution in [2.45, 2.75) is 89.9 Å². The highest BCUT2D eigenvalue weighted by atomic mass is 19.2. The highest BCUT2D eigenvalue weighted by Crippen LogP contribution is 2.42. The third-order valence-corrected chi connectivity index (χ3v) is 8.19. The first kappa shape index (κ1) is 25.0. The van der Waals surface area contributed by atoms with Gasteiger partial charge in [-0.3, -0.25) is 0 Å². The molecular weight excluding hydrogens is 436 g/mol. The minimum absolute atomic E-state index is 0.00189. The van der Waals surface area contributed by atoms with Crippen LogP contribution in [-0.4, -0.2) is 0 Å². The zero-order chi connectivity index (χ0) is 24.2. The molecule has 2 aliphatic carbocycles. The van der Waals surface area contributed by atoms with Crippen LogP contribution in [0.25, 0.3) is 6.08 Å². The number of hydrogen-bond acceptors (Lipinski definition) is 0. The van der Waals surface area contributed by atoms with E-state index in [1.165, 1.54) is 12.8 Å². The van der Waals surface area contributed by atoms with Crippen molar-refractivity contribution in [1.82, 2.24) is 0 Å². The Hall–Kier alpha value is -2.10. The first-order chi connectivity index (χ1) is 16.4. The van der Waals surface area contributed by atoms with E-state index in [0.29, 0.717) is 16.7 Å². The summed E-state index contributed by atoms with van der Waals surface area (Å²) < 4.78 is 58.1. The van der Waals surface area contributed by atoms with E-state index >= 15 is 8.78 Å². The van der Waals surface area contributed by atoms with E-state index < -0.39 is 23.3 Å². The zero-order valence-electron chi connectivity index (χ0n) is 20.4. The van der Waals surface area contributed by atoms with E-state index in [4.69, 9.17) is 0 Å². The Kier molecular flexibility index (Phi) is 8.16. The molecule has 2 aromatic rings. The van der Waals surface area contributed by atoms with Gasteiger partial charge < -0.3 is 0 Å². The molecule has 4 heteroatoms. The maximum absolute atomic E-state index is 15.1. The van der Waals surface area contributed by atoms with Crippen LogP contribution in [0.3, 0.4) is 0 Å². The van der Waals surface area contributed by atoms with Crippen molar-refractivity contribution in [3.8, 4) is 0 Å². The number of benzene rings is 2. The van der Waals surface area contributed by atoms with Gasteiger partial charge in [0.05, 0.1) is 0 Å². The molecule has 184 valence electrons. The van der Waals surface area contributed by atoms with Gasteiger partial charge in [-0.15, -0.1) is 0 Å². The molecule has 0 bridgehead atoms. The van der Waals surface area contributed by atoms with Gasteiger partial charge in [0.1, 0.15) is 0 Å². The van der Waals surface area contributed by atoms with Crippen molar-refractivity contribution in [3.05, 3.63) is 75.9 Å². The van der Waals surface area contributed by atoms with Gasteiger partial charge in [-0.2, -0.15) is 0 Å². The Morgan fingerprint density at radius 2 is 1.26 bits per heavy atom. The van der Waals surface area contributed by atoms with Gasteiger partial charge in [-0.05, 0) is 98.7 Å². The lowest BCUT2D eigenvalue weighted by Gasteiger charge is -2.30. The summed E-state index contributed by atoms with van der Waals surface area (Å²) in [5.74, 6) is -1.83. The van der Waals surface area contributed by atoms with Gasteiger partial charge in [0, 0.05) is 5.56 Å². The average molecular weight is 473 g/mol. The van der Waals surface area contributed by atoms with Crippen LogP contribution in [-0.2, 0) is 0 Å². The molecule has 2 aromatic carbocycles. The molecule has 2 fully saturated rings. The van der Waals surface area contributed by atoms with Crippen molar-refractivity contribution in [3.63, 3.8) is 0 Å². The molecule has 0 radical (unpaired) electrons. The summed E-state index contributed by atoms with van der Waals surface area (Å²) in [7, 11) is 0. The highest BCUT2D eigenvalue weighted by Gasteiger charge is 2.29. The second-order valence-corrected chi connectivity index (χ2v) is 10.4. The van der Waals surface area contributed by atoms with Crippen LogP contribution in [0.1, 0.15) is 105 Å². The third kappa shape index (κ3) is 5.42. The van der Waals surface area contributed by atoms with Crippen LogP contribution >= 0.6 is 0 Å². The summed E-state index contributed by atoms with van der Waals surface area (Å²) in [5.41, 5.74) is 1.59. The maximum atomic E-state index is 15.1. The molecule has 0 atom stereocenters. The van der Waals surface area contributed by atoms with Gasteiger partial charge in [0.25, 0.3) is 0 Å².